The van der Waals surface area contributed by atoms with Crippen molar-refractivity contribution in [1.82, 2.24) is 10.2 Å². The first-order chi connectivity index (χ1) is 16.5. The van der Waals surface area contributed by atoms with Crippen LogP contribution in [0.4, 0.5) is 0 Å². The molecule has 0 bridgehead atoms. The maximum Gasteiger partial charge on any atom is 0.330 e. The van der Waals surface area contributed by atoms with E-state index in [9.17, 15) is 9.59 Å². The van der Waals surface area contributed by atoms with Gasteiger partial charge >= 0.3 is 5.97 Å². The molecular weight excluding hydrogens is 432 g/mol. The molecule has 0 aromatic carbocycles. The molecule has 1 atom stereocenters. The van der Waals surface area contributed by atoms with Gasteiger partial charge in [-0.3, -0.25) is 19.7 Å². The second-order valence-corrected chi connectivity index (χ2v) is 7.92. The molecule has 0 radical (unpaired) electrons. The Morgan fingerprint density at radius 2 is 2.00 bits per heavy atom. The van der Waals surface area contributed by atoms with E-state index in [1.807, 2.05) is 19.9 Å². The van der Waals surface area contributed by atoms with Crippen LogP contribution in [-0.4, -0.2) is 75.3 Å². The minimum Gasteiger partial charge on any atom is -0.466 e. The summed E-state index contributed by atoms with van der Waals surface area (Å²) in [5.74, 6) is -0.171. The van der Waals surface area contributed by atoms with Crippen LogP contribution in [0.25, 0.3) is 0 Å². The molecule has 1 saturated heterocycles. The molecule has 0 saturated carbocycles. The minimum absolute atomic E-state index is 0.177. The first-order valence-corrected chi connectivity index (χ1v) is 11.8. The first kappa shape index (κ1) is 29.2. The lowest BCUT2D eigenvalue weighted by atomic mass is 9.98. The van der Waals surface area contributed by atoms with E-state index < -0.39 is 0 Å². The summed E-state index contributed by atoms with van der Waals surface area (Å²) in [5, 5.41) is 2.87. The number of hydrogen-bond acceptors (Lipinski definition) is 7. The van der Waals surface area contributed by atoms with Gasteiger partial charge in [-0.2, -0.15) is 0 Å². The largest absolute Gasteiger partial charge is 0.466 e. The standard InChI is InChI=1S/C26H40N4O4/c1-6-9-22(29-26(32)24(27-4)11-8-3)18-28-20-30-16-14-21(15-17-30)19-34-23(10-7-2)12-13-25(31)33-5/h7-9,11-13,18,21,23H,2,6,10,14-17,19-20H2,1,3-5H3,(H,29,32)/b11-8-,13-12+,22-9+,27-24?,28-18-. The Morgan fingerprint density at radius 1 is 1.26 bits per heavy atom. The van der Waals surface area contributed by atoms with Gasteiger partial charge in [-0.05, 0) is 50.7 Å². The number of aliphatic imine (C=N–C) groups is 2. The fourth-order valence-electron chi connectivity index (χ4n) is 3.39. The van der Waals surface area contributed by atoms with E-state index in [1.165, 1.54) is 13.2 Å². The maximum absolute atomic E-state index is 12.3. The van der Waals surface area contributed by atoms with E-state index in [2.05, 4.69) is 31.5 Å². The van der Waals surface area contributed by atoms with Crippen LogP contribution >= 0.6 is 0 Å². The lowest BCUT2D eigenvalue weighted by Gasteiger charge is -2.31. The molecule has 1 unspecified atom stereocenters. The Labute approximate surface area is 204 Å². The highest BCUT2D eigenvalue weighted by Crippen LogP contribution is 2.18. The number of ether oxygens (including phenoxy) is 2. The van der Waals surface area contributed by atoms with Gasteiger partial charge in [0.2, 0.25) is 0 Å². The zero-order valence-corrected chi connectivity index (χ0v) is 21.0. The molecule has 8 nitrogen and oxygen atoms in total. The molecule has 1 heterocycles. The van der Waals surface area contributed by atoms with Crippen molar-refractivity contribution in [2.75, 3.05) is 40.5 Å². The molecule has 0 spiro atoms. The summed E-state index contributed by atoms with van der Waals surface area (Å²) in [6.45, 7) is 10.7. The number of carbonyl (C=O) groups excluding carboxylic acids is 2. The van der Waals surface area contributed by atoms with Gasteiger partial charge in [-0.25, -0.2) is 4.79 Å². The highest BCUT2D eigenvalue weighted by atomic mass is 16.5. The Hall–Kier alpha value is -2.84. The van der Waals surface area contributed by atoms with E-state index in [0.717, 1.165) is 32.4 Å². The van der Waals surface area contributed by atoms with Crippen LogP contribution in [0.2, 0.25) is 0 Å². The number of rotatable bonds is 14. The normalized spacial score (nSPS) is 17.5. The predicted molar refractivity (Wildman–Crippen MR) is 138 cm³/mol. The lowest BCUT2D eigenvalue weighted by Crippen LogP contribution is -2.36. The van der Waals surface area contributed by atoms with Gasteiger partial charge in [-0.15, -0.1) is 6.58 Å². The predicted octanol–water partition coefficient (Wildman–Crippen LogP) is 3.47. The van der Waals surface area contributed by atoms with Gasteiger partial charge in [0.05, 0.1) is 32.2 Å². The van der Waals surface area contributed by atoms with Crippen LogP contribution < -0.4 is 5.32 Å². The lowest BCUT2D eigenvalue weighted by molar-refractivity contribution is -0.134. The van der Waals surface area contributed by atoms with Crippen LogP contribution in [0.3, 0.4) is 0 Å². The molecule has 0 aliphatic carbocycles. The van der Waals surface area contributed by atoms with Crippen LogP contribution in [0.15, 0.2) is 58.7 Å². The van der Waals surface area contributed by atoms with Crippen molar-refractivity contribution in [3.63, 3.8) is 0 Å². The second-order valence-electron chi connectivity index (χ2n) is 7.92. The summed E-state index contributed by atoms with van der Waals surface area (Å²) in [6, 6.07) is 0. The van der Waals surface area contributed by atoms with Gasteiger partial charge in [0.1, 0.15) is 5.71 Å². The van der Waals surface area contributed by atoms with Crippen LogP contribution in [-0.2, 0) is 19.1 Å². The number of allylic oxidation sites excluding steroid dienone is 3. The second kappa shape index (κ2) is 17.6. The summed E-state index contributed by atoms with van der Waals surface area (Å²) >= 11 is 0. The van der Waals surface area contributed by atoms with Crippen LogP contribution in [0.5, 0.6) is 0 Å². The maximum atomic E-state index is 12.3. The zero-order valence-electron chi connectivity index (χ0n) is 21.0. The molecular formula is C26H40N4O4. The molecule has 0 aromatic rings. The van der Waals surface area contributed by atoms with Gasteiger partial charge in [-0.1, -0.05) is 25.2 Å². The highest BCUT2D eigenvalue weighted by molar-refractivity contribution is 6.43. The van der Waals surface area contributed by atoms with Crippen molar-refractivity contribution in [3.05, 3.63) is 48.7 Å². The number of esters is 1. The topological polar surface area (TPSA) is 92.6 Å². The van der Waals surface area contributed by atoms with Crippen molar-refractivity contribution >= 4 is 23.8 Å². The van der Waals surface area contributed by atoms with Crippen LogP contribution in [0, 0.1) is 5.92 Å². The fourth-order valence-corrected chi connectivity index (χ4v) is 3.39. The molecule has 8 heteroatoms. The molecule has 1 amide bonds. The molecule has 1 aliphatic rings. The number of nitrogens with one attached hydrogen (secondary N) is 1. The van der Waals surface area contributed by atoms with Crippen molar-refractivity contribution in [2.24, 2.45) is 15.9 Å². The van der Waals surface area contributed by atoms with Gasteiger partial charge < -0.3 is 14.8 Å². The van der Waals surface area contributed by atoms with Crippen LogP contribution in [0.1, 0.15) is 39.5 Å². The molecule has 34 heavy (non-hydrogen) atoms. The van der Waals surface area contributed by atoms with E-state index in [4.69, 9.17) is 4.74 Å². The number of likely N-dealkylation sites (tertiary alicyclic amines) is 1. The third kappa shape index (κ3) is 11.9. The monoisotopic (exact) mass is 472 g/mol. The molecule has 0 aromatic heterocycles. The quantitative estimate of drug-likeness (QED) is 0.181. The SMILES string of the molecule is C=CCC(/C=C/C(=O)OC)OCC1CCN(C/N=C\C(=C/CC)NC(=O)C(/C=C\C)=NC)CC1. The number of piperidine rings is 1. The van der Waals surface area contributed by atoms with E-state index >= 15 is 0 Å². The Kier molecular flexibility index (Phi) is 15.1. The first-order valence-electron chi connectivity index (χ1n) is 11.8. The van der Waals surface area contributed by atoms with E-state index in [0.29, 0.717) is 37.0 Å². The average Bonchev–Trinajstić information content (AvgIpc) is 2.84. The van der Waals surface area contributed by atoms with Crippen molar-refractivity contribution in [2.45, 2.75) is 45.6 Å². The smallest absolute Gasteiger partial charge is 0.330 e. The Morgan fingerprint density at radius 3 is 2.59 bits per heavy atom. The number of hydrogen-bond donors (Lipinski definition) is 1. The minimum atomic E-state index is -0.389. The summed E-state index contributed by atoms with van der Waals surface area (Å²) in [7, 11) is 2.95. The molecule has 1 fully saturated rings. The summed E-state index contributed by atoms with van der Waals surface area (Å²) in [5.41, 5.74) is 1.05. The number of methoxy groups -OCH3 is 1. The third-order valence-electron chi connectivity index (χ3n) is 5.29. The van der Waals surface area contributed by atoms with E-state index in [-0.39, 0.29) is 18.0 Å². The molecule has 1 aliphatic heterocycles. The van der Waals surface area contributed by atoms with E-state index in [1.54, 1.807) is 37.6 Å². The number of carbonyl (C=O) groups is 2. The number of amides is 1. The Bertz CT molecular complexity index is 791. The molecule has 188 valence electrons. The summed E-state index contributed by atoms with van der Waals surface area (Å²) in [6.07, 6.45) is 15.3. The summed E-state index contributed by atoms with van der Waals surface area (Å²) < 4.78 is 10.6. The average molecular weight is 473 g/mol. The summed E-state index contributed by atoms with van der Waals surface area (Å²) in [4.78, 5) is 34.5. The van der Waals surface area contributed by atoms with Crippen molar-refractivity contribution in [3.8, 4) is 0 Å². The fraction of sp³-hybridized carbons (Fsp3) is 0.538. The third-order valence-corrected chi connectivity index (χ3v) is 5.29. The van der Waals surface area contributed by atoms with Crippen molar-refractivity contribution in [1.29, 1.82) is 0 Å². The number of nitrogens with zero attached hydrogens (tertiary/aromatic N) is 3. The van der Waals surface area contributed by atoms with Gasteiger partial charge in [0, 0.05) is 32.4 Å². The molecule has 1 rings (SSSR count). The van der Waals surface area contributed by atoms with Gasteiger partial charge in [0.25, 0.3) is 5.91 Å². The Balaban J connectivity index is 2.48. The van der Waals surface area contributed by atoms with Crippen molar-refractivity contribution < 1.29 is 19.1 Å². The highest BCUT2D eigenvalue weighted by Gasteiger charge is 2.20. The molecule has 1 N–H and O–H groups in total. The van der Waals surface area contributed by atoms with Gasteiger partial charge in [0.15, 0.2) is 0 Å². The zero-order chi connectivity index (χ0) is 25.2.